The molecule has 0 aliphatic rings. The first-order valence-corrected chi connectivity index (χ1v) is 6.08. The Labute approximate surface area is 117 Å². The Balaban J connectivity index is 3.43. The van der Waals surface area contributed by atoms with Gasteiger partial charge in [0.1, 0.15) is 5.56 Å². The molecule has 0 bridgehead atoms. The lowest BCUT2D eigenvalue weighted by molar-refractivity contribution is -0.137. The number of carbonyl (C=O) groups is 2. The highest BCUT2D eigenvalue weighted by Gasteiger charge is 2.29. The van der Waals surface area contributed by atoms with Gasteiger partial charge < -0.3 is 14.2 Å². The quantitative estimate of drug-likeness (QED) is 0.470. The third kappa shape index (κ3) is 3.04. The zero-order valence-electron chi connectivity index (χ0n) is 10.6. The fourth-order valence-electron chi connectivity index (χ4n) is 1.44. The van der Waals surface area contributed by atoms with Crippen molar-refractivity contribution in [1.82, 2.24) is 0 Å². The molecule has 0 aliphatic carbocycles. The van der Waals surface area contributed by atoms with Crippen molar-refractivity contribution in [3.63, 3.8) is 0 Å². The lowest BCUT2D eigenvalue weighted by atomic mass is 10.1. The maximum Gasteiger partial charge on any atom is 0.379 e. The van der Waals surface area contributed by atoms with Crippen molar-refractivity contribution in [3.8, 4) is 11.5 Å². The maximum absolute atomic E-state index is 14.0. The summed E-state index contributed by atoms with van der Waals surface area (Å²) in [5.74, 6) is -3.21. The minimum Gasteiger partial charge on any atom is -0.493 e. The molecular weight excluding hydrogens is 323 g/mol. The zero-order valence-corrected chi connectivity index (χ0v) is 12.2. The van der Waals surface area contributed by atoms with Gasteiger partial charge in [0.25, 0.3) is 5.78 Å². The third-order valence-electron chi connectivity index (χ3n) is 2.25. The van der Waals surface area contributed by atoms with Crippen LogP contribution in [0.15, 0.2) is 10.5 Å². The number of benzene rings is 1. The molecule has 104 valence electrons. The predicted molar refractivity (Wildman–Crippen MR) is 68.2 cm³/mol. The number of halogens is 2. The minimum atomic E-state index is -1.15. The van der Waals surface area contributed by atoms with Crippen molar-refractivity contribution in [2.45, 2.75) is 6.92 Å². The fourth-order valence-corrected chi connectivity index (χ4v) is 1.85. The average Bonchev–Trinajstić information content (AvgIpc) is 2.40. The summed E-state index contributed by atoms with van der Waals surface area (Å²) in [7, 11) is 2.58. The molecule has 0 fully saturated rings. The number of hydrogen-bond acceptors (Lipinski definition) is 5. The summed E-state index contributed by atoms with van der Waals surface area (Å²) in [4.78, 5) is 23.3. The number of rotatable bonds is 5. The molecule has 0 N–H and O–H groups in total. The lowest BCUT2D eigenvalue weighted by Crippen LogP contribution is -2.20. The van der Waals surface area contributed by atoms with E-state index in [1.807, 2.05) is 0 Å². The molecule has 0 saturated heterocycles. The second kappa shape index (κ2) is 6.51. The van der Waals surface area contributed by atoms with Crippen LogP contribution in [0.5, 0.6) is 11.5 Å². The van der Waals surface area contributed by atoms with Crippen molar-refractivity contribution in [2.24, 2.45) is 0 Å². The molecule has 1 rings (SSSR count). The van der Waals surface area contributed by atoms with Crippen molar-refractivity contribution in [2.75, 3.05) is 20.8 Å². The number of methoxy groups -OCH3 is 2. The smallest absolute Gasteiger partial charge is 0.379 e. The van der Waals surface area contributed by atoms with Crippen molar-refractivity contribution in [3.05, 3.63) is 21.9 Å². The van der Waals surface area contributed by atoms with Gasteiger partial charge in [0.2, 0.25) is 0 Å². The predicted octanol–water partition coefficient (Wildman–Crippen LogP) is 2.35. The molecule has 0 aliphatic heterocycles. The minimum absolute atomic E-state index is 0.0135. The van der Waals surface area contributed by atoms with Crippen LogP contribution in [0.4, 0.5) is 4.39 Å². The van der Waals surface area contributed by atoms with Gasteiger partial charge in [-0.2, -0.15) is 0 Å². The SMILES string of the molecule is CCOC(=O)C(=O)c1c(F)c(Br)cc(OC)c1OC. The molecule has 0 radical (unpaired) electrons. The normalized spacial score (nSPS) is 9.95. The summed E-state index contributed by atoms with van der Waals surface area (Å²) in [5, 5.41) is 0. The van der Waals surface area contributed by atoms with Gasteiger partial charge in [-0.1, -0.05) is 0 Å². The van der Waals surface area contributed by atoms with E-state index in [-0.39, 0.29) is 22.6 Å². The highest BCUT2D eigenvalue weighted by atomic mass is 79.9. The molecule has 0 atom stereocenters. The van der Waals surface area contributed by atoms with Crippen molar-refractivity contribution < 1.29 is 28.2 Å². The van der Waals surface area contributed by atoms with E-state index in [0.29, 0.717) is 0 Å². The standard InChI is InChI=1S/C12H12BrFO5/c1-4-19-12(16)10(15)8-9(14)6(13)5-7(17-2)11(8)18-3/h5H,4H2,1-3H3. The maximum atomic E-state index is 14.0. The van der Waals surface area contributed by atoms with Crippen LogP contribution in [0.3, 0.4) is 0 Å². The molecule has 0 amide bonds. The number of ketones is 1. The van der Waals surface area contributed by atoms with E-state index in [4.69, 9.17) is 9.47 Å². The molecule has 0 heterocycles. The second-order valence-corrected chi connectivity index (χ2v) is 4.19. The Morgan fingerprint density at radius 2 is 1.95 bits per heavy atom. The van der Waals surface area contributed by atoms with Crippen molar-refractivity contribution >= 4 is 27.7 Å². The Kier molecular flexibility index (Phi) is 5.29. The van der Waals surface area contributed by atoms with Gasteiger partial charge in [-0.3, -0.25) is 4.79 Å². The number of ether oxygens (including phenoxy) is 3. The van der Waals surface area contributed by atoms with Gasteiger partial charge in [-0.05, 0) is 22.9 Å². The van der Waals surface area contributed by atoms with Gasteiger partial charge in [-0.15, -0.1) is 0 Å². The molecule has 0 aromatic heterocycles. The summed E-state index contributed by atoms with van der Waals surface area (Å²) in [6.07, 6.45) is 0. The Hall–Kier alpha value is -1.63. The first kappa shape index (κ1) is 15.4. The summed E-state index contributed by atoms with van der Waals surface area (Å²) >= 11 is 2.94. The molecule has 7 heteroatoms. The van der Waals surface area contributed by atoms with Crippen LogP contribution in [-0.4, -0.2) is 32.6 Å². The van der Waals surface area contributed by atoms with Crippen LogP contribution in [0.2, 0.25) is 0 Å². The number of hydrogen-bond donors (Lipinski definition) is 0. The average molecular weight is 335 g/mol. The highest BCUT2D eigenvalue weighted by molar-refractivity contribution is 9.10. The van der Waals surface area contributed by atoms with Crippen LogP contribution >= 0.6 is 15.9 Å². The van der Waals surface area contributed by atoms with Gasteiger partial charge in [0, 0.05) is 6.07 Å². The second-order valence-electron chi connectivity index (χ2n) is 3.33. The Morgan fingerprint density at radius 1 is 1.32 bits per heavy atom. The van der Waals surface area contributed by atoms with Crippen LogP contribution in [0.1, 0.15) is 17.3 Å². The molecule has 0 saturated carbocycles. The monoisotopic (exact) mass is 334 g/mol. The van der Waals surface area contributed by atoms with Crippen molar-refractivity contribution in [1.29, 1.82) is 0 Å². The third-order valence-corrected chi connectivity index (χ3v) is 2.83. The number of carbonyl (C=O) groups excluding carboxylic acids is 2. The number of Topliss-reactive ketones (excluding diaryl/α,β-unsaturated/α-hetero) is 1. The number of esters is 1. The largest absolute Gasteiger partial charge is 0.493 e. The van der Waals surface area contributed by atoms with Crippen LogP contribution in [0.25, 0.3) is 0 Å². The van der Waals surface area contributed by atoms with E-state index in [1.54, 1.807) is 6.92 Å². The zero-order chi connectivity index (χ0) is 14.6. The summed E-state index contributed by atoms with van der Waals surface area (Å²) in [6, 6.07) is 1.30. The van der Waals surface area contributed by atoms with Crippen LogP contribution < -0.4 is 9.47 Å². The topological polar surface area (TPSA) is 61.8 Å². The molecule has 5 nitrogen and oxygen atoms in total. The first-order valence-electron chi connectivity index (χ1n) is 5.29. The molecular formula is C12H12BrFO5. The van der Waals surface area contributed by atoms with Crippen LogP contribution in [-0.2, 0) is 9.53 Å². The van der Waals surface area contributed by atoms with Gasteiger partial charge >= 0.3 is 5.97 Å². The molecule has 19 heavy (non-hydrogen) atoms. The summed E-state index contributed by atoms with van der Waals surface area (Å²) in [5.41, 5.74) is -0.521. The van der Waals surface area contributed by atoms with Gasteiger partial charge in [-0.25, -0.2) is 9.18 Å². The highest BCUT2D eigenvalue weighted by Crippen LogP contribution is 2.37. The van der Waals surface area contributed by atoms with E-state index >= 15 is 0 Å². The van der Waals surface area contributed by atoms with Gasteiger partial charge in [0.15, 0.2) is 17.3 Å². The Bertz CT molecular complexity index is 515. The summed E-state index contributed by atoms with van der Waals surface area (Å²) < 4.78 is 28.5. The first-order chi connectivity index (χ1) is 8.97. The van der Waals surface area contributed by atoms with E-state index in [2.05, 4.69) is 20.7 Å². The fraction of sp³-hybridized carbons (Fsp3) is 0.333. The molecule has 0 spiro atoms. The van der Waals surface area contributed by atoms with Gasteiger partial charge in [0.05, 0.1) is 25.3 Å². The van der Waals surface area contributed by atoms with Crippen LogP contribution in [0, 0.1) is 5.82 Å². The van der Waals surface area contributed by atoms with E-state index in [0.717, 1.165) is 0 Å². The Morgan fingerprint density at radius 3 is 2.42 bits per heavy atom. The van der Waals surface area contributed by atoms with E-state index in [9.17, 15) is 14.0 Å². The molecule has 1 aromatic carbocycles. The van der Waals surface area contributed by atoms with E-state index < -0.39 is 23.1 Å². The lowest BCUT2D eigenvalue weighted by Gasteiger charge is -2.13. The van der Waals surface area contributed by atoms with E-state index in [1.165, 1.54) is 20.3 Å². The molecule has 0 unspecified atom stereocenters. The molecule has 1 aromatic rings. The summed E-state index contributed by atoms with van der Waals surface area (Å²) in [6.45, 7) is 1.56.